The summed E-state index contributed by atoms with van der Waals surface area (Å²) in [6.45, 7) is 4.07. The summed E-state index contributed by atoms with van der Waals surface area (Å²) < 4.78 is 5.54. The molecule has 1 aliphatic heterocycles. The molecule has 0 spiro atoms. The van der Waals surface area contributed by atoms with Gasteiger partial charge in [0.1, 0.15) is 6.10 Å². The number of rotatable bonds is 4. The van der Waals surface area contributed by atoms with E-state index in [1.807, 2.05) is 43.1 Å². The van der Waals surface area contributed by atoms with Crippen molar-refractivity contribution in [1.29, 1.82) is 0 Å². The van der Waals surface area contributed by atoms with Crippen molar-refractivity contribution in [3.8, 4) is 0 Å². The monoisotopic (exact) mass is 248 g/mol. The Balaban J connectivity index is 2.11. The zero-order chi connectivity index (χ0) is 13.0. The van der Waals surface area contributed by atoms with Crippen LogP contribution in [0.5, 0.6) is 0 Å². The molecule has 1 unspecified atom stereocenters. The van der Waals surface area contributed by atoms with Gasteiger partial charge in [-0.05, 0) is 44.6 Å². The number of carbonyl (C=O) groups is 1. The summed E-state index contributed by atoms with van der Waals surface area (Å²) in [5.74, 6) is 0.0714. The fourth-order valence-corrected chi connectivity index (χ4v) is 2.18. The maximum atomic E-state index is 12.3. The van der Waals surface area contributed by atoms with Crippen molar-refractivity contribution in [2.24, 2.45) is 0 Å². The van der Waals surface area contributed by atoms with Gasteiger partial charge in [0.05, 0.1) is 6.61 Å². The highest BCUT2D eigenvalue weighted by molar-refractivity contribution is 5.97. The Morgan fingerprint density at radius 3 is 3.06 bits per heavy atom. The van der Waals surface area contributed by atoms with Crippen molar-refractivity contribution in [2.75, 3.05) is 31.6 Å². The van der Waals surface area contributed by atoms with Gasteiger partial charge in [0.25, 0.3) is 5.91 Å². The molecule has 4 nitrogen and oxygen atoms in total. The minimum absolute atomic E-state index is 0.0714. The molecule has 1 aromatic rings. The second kappa shape index (κ2) is 5.98. The van der Waals surface area contributed by atoms with Crippen LogP contribution in [0.25, 0.3) is 0 Å². The second-order valence-corrected chi connectivity index (χ2v) is 4.58. The fraction of sp³-hybridized carbons (Fsp3) is 0.500. The van der Waals surface area contributed by atoms with Gasteiger partial charge in [-0.2, -0.15) is 0 Å². The Morgan fingerprint density at radius 2 is 2.33 bits per heavy atom. The van der Waals surface area contributed by atoms with Crippen molar-refractivity contribution >= 4 is 11.6 Å². The van der Waals surface area contributed by atoms with Crippen molar-refractivity contribution < 1.29 is 9.53 Å². The summed E-state index contributed by atoms with van der Waals surface area (Å²) in [6.07, 6.45) is 0.407. The quantitative estimate of drug-likeness (QED) is 0.874. The van der Waals surface area contributed by atoms with Crippen LogP contribution in [0.4, 0.5) is 5.69 Å². The average molecular weight is 248 g/mol. The average Bonchev–Trinajstić information content (AvgIpc) is 2.37. The third kappa shape index (κ3) is 2.89. The lowest BCUT2D eigenvalue weighted by Gasteiger charge is -2.32. The normalized spacial score (nSPS) is 20.2. The lowest BCUT2D eigenvalue weighted by molar-refractivity contribution is -0.134. The molecule has 1 amide bonds. The lowest BCUT2D eigenvalue weighted by atomic mass is 10.1. The lowest BCUT2D eigenvalue weighted by Crippen LogP contribution is -2.48. The number of nitrogens with one attached hydrogen (secondary N) is 1. The first kappa shape index (κ1) is 13.1. The molecule has 1 saturated heterocycles. The van der Waals surface area contributed by atoms with Crippen LogP contribution < -0.4 is 10.2 Å². The number of amides is 1. The maximum absolute atomic E-state index is 12.3. The number of morpholine rings is 1. The van der Waals surface area contributed by atoms with E-state index in [0.29, 0.717) is 13.2 Å². The summed E-state index contributed by atoms with van der Waals surface area (Å²) in [7, 11) is 1.88. The number of hydrogen-bond donors (Lipinski definition) is 1. The van der Waals surface area contributed by atoms with Crippen LogP contribution in [0, 0.1) is 6.92 Å². The summed E-state index contributed by atoms with van der Waals surface area (Å²) >= 11 is 0. The Hall–Kier alpha value is -1.39. The first-order valence-electron chi connectivity index (χ1n) is 6.36. The molecular formula is C14H20N2O2. The molecule has 1 heterocycles. The summed E-state index contributed by atoms with van der Waals surface area (Å²) in [4.78, 5) is 14.1. The number of anilines is 1. The smallest absolute Gasteiger partial charge is 0.256 e. The van der Waals surface area contributed by atoms with Crippen LogP contribution in [0.15, 0.2) is 24.3 Å². The van der Waals surface area contributed by atoms with E-state index >= 15 is 0 Å². The van der Waals surface area contributed by atoms with Gasteiger partial charge < -0.3 is 15.0 Å². The van der Waals surface area contributed by atoms with E-state index in [1.165, 1.54) is 5.56 Å². The molecule has 0 aliphatic carbocycles. The molecule has 98 valence electrons. The summed E-state index contributed by atoms with van der Waals surface area (Å²) in [5.41, 5.74) is 2.14. The summed E-state index contributed by atoms with van der Waals surface area (Å²) in [6, 6.07) is 8.03. The molecule has 2 rings (SSSR count). The molecule has 1 fully saturated rings. The molecule has 0 radical (unpaired) electrons. The molecule has 1 aliphatic rings. The molecule has 4 heteroatoms. The van der Waals surface area contributed by atoms with E-state index < -0.39 is 0 Å². The predicted molar refractivity (Wildman–Crippen MR) is 71.8 cm³/mol. The number of ether oxygens (including phenoxy) is 1. The van der Waals surface area contributed by atoms with Crippen LogP contribution in [0.2, 0.25) is 0 Å². The molecule has 1 aromatic carbocycles. The van der Waals surface area contributed by atoms with Crippen molar-refractivity contribution in [2.45, 2.75) is 19.4 Å². The van der Waals surface area contributed by atoms with Crippen LogP contribution in [0.1, 0.15) is 12.0 Å². The van der Waals surface area contributed by atoms with Gasteiger partial charge in [0.2, 0.25) is 0 Å². The third-order valence-corrected chi connectivity index (χ3v) is 3.15. The first-order chi connectivity index (χ1) is 8.72. The number of carbonyl (C=O) groups excluding carboxylic acids is 1. The van der Waals surface area contributed by atoms with Crippen LogP contribution in [-0.2, 0) is 9.53 Å². The van der Waals surface area contributed by atoms with E-state index in [2.05, 4.69) is 5.32 Å². The van der Waals surface area contributed by atoms with Gasteiger partial charge in [-0.15, -0.1) is 0 Å². The molecule has 0 saturated carbocycles. The molecular weight excluding hydrogens is 228 g/mol. The number of benzene rings is 1. The van der Waals surface area contributed by atoms with Gasteiger partial charge in [-0.25, -0.2) is 0 Å². The Morgan fingerprint density at radius 1 is 1.50 bits per heavy atom. The van der Waals surface area contributed by atoms with Gasteiger partial charge in [-0.1, -0.05) is 12.1 Å². The summed E-state index contributed by atoms with van der Waals surface area (Å²) in [5, 5.41) is 3.05. The molecule has 0 aromatic heterocycles. The molecule has 18 heavy (non-hydrogen) atoms. The van der Waals surface area contributed by atoms with Gasteiger partial charge in [-0.3, -0.25) is 4.79 Å². The van der Waals surface area contributed by atoms with Gasteiger partial charge in [0, 0.05) is 12.2 Å². The van der Waals surface area contributed by atoms with Gasteiger partial charge in [0.15, 0.2) is 0 Å². The largest absolute Gasteiger partial charge is 0.366 e. The highest BCUT2D eigenvalue weighted by Gasteiger charge is 2.29. The minimum Gasteiger partial charge on any atom is -0.366 e. The Kier molecular flexibility index (Phi) is 4.33. The van der Waals surface area contributed by atoms with Crippen molar-refractivity contribution in [1.82, 2.24) is 5.32 Å². The highest BCUT2D eigenvalue weighted by atomic mass is 16.5. The number of nitrogens with zero attached hydrogens (tertiary/aromatic N) is 1. The van der Waals surface area contributed by atoms with Crippen molar-refractivity contribution in [3.63, 3.8) is 0 Å². The van der Waals surface area contributed by atoms with Crippen LogP contribution >= 0.6 is 0 Å². The Labute approximate surface area is 108 Å². The zero-order valence-electron chi connectivity index (χ0n) is 11.0. The first-order valence-corrected chi connectivity index (χ1v) is 6.36. The van der Waals surface area contributed by atoms with Crippen LogP contribution in [0.3, 0.4) is 0 Å². The minimum atomic E-state index is -0.313. The van der Waals surface area contributed by atoms with Crippen LogP contribution in [-0.4, -0.2) is 38.8 Å². The molecule has 1 atom stereocenters. The standard InChI is InChI=1S/C14H20N2O2/c1-11-4-3-5-12(10-11)16-8-9-18-13(14(16)17)6-7-15-2/h3-5,10,13,15H,6-9H2,1-2H3. The van der Waals surface area contributed by atoms with E-state index in [4.69, 9.17) is 4.74 Å². The van der Waals surface area contributed by atoms with E-state index in [0.717, 1.165) is 18.7 Å². The van der Waals surface area contributed by atoms with E-state index in [-0.39, 0.29) is 12.0 Å². The maximum Gasteiger partial charge on any atom is 0.256 e. The SMILES string of the molecule is CNCCC1OCCN(c2cccc(C)c2)C1=O. The van der Waals surface area contributed by atoms with Crippen molar-refractivity contribution in [3.05, 3.63) is 29.8 Å². The Bertz CT molecular complexity index is 420. The number of aryl methyl sites for hydroxylation is 1. The predicted octanol–water partition coefficient (Wildman–Crippen LogP) is 1.34. The van der Waals surface area contributed by atoms with E-state index in [1.54, 1.807) is 0 Å². The highest BCUT2D eigenvalue weighted by Crippen LogP contribution is 2.20. The fourth-order valence-electron chi connectivity index (χ4n) is 2.18. The second-order valence-electron chi connectivity index (χ2n) is 4.58. The number of hydrogen-bond acceptors (Lipinski definition) is 3. The third-order valence-electron chi connectivity index (χ3n) is 3.15. The molecule has 1 N–H and O–H groups in total. The van der Waals surface area contributed by atoms with E-state index in [9.17, 15) is 4.79 Å². The topological polar surface area (TPSA) is 41.6 Å². The van der Waals surface area contributed by atoms with Gasteiger partial charge >= 0.3 is 0 Å². The zero-order valence-corrected chi connectivity index (χ0v) is 11.0. The molecule has 0 bridgehead atoms.